The maximum atomic E-state index is 11.3. The summed E-state index contributed by atoms with van der Waals surface area (Å²) in [5, 5.41) is 3.30. The summed E-state index contributed by atoms with van der Waals surface area (Å²) in [6.45, 7) is 2.88. The summed E-state index contributed by atoms with van der Waals surface area (Å²) in [5.74, 6) is 1.29. The minimum absolute atomic E-state index is 0.346. The van der Waals surface area contributed by atoms with Gasteiger partial charge in [0.15, 0.2) is 0 Å². The molecular weight excluding hydrogens is 306 g/mol. The van der Waals surface area contributed by atoms with Gasteiger partial charge in [0, 0.05) is 6.54 Å². The first-order chi connectivity index (χ1) is 11.8. The number of hydrogen-bond donors (Lipinski definition) is 1. The van der Waals surface area contributed by atoms with Crippen LogP contribution in [0.1, 0.15) is 16.8 Å². The fourth-order valence-corrected chi connectivity index (χ4v) is 2.08. The van der Waals surface area contributed by atoms with Crippen LogP contribution in [0.3, 0.4) is 0 Å². The van der Waals surface area contributed by atoms with Crippen molar-refractivity contribution in [2.75, 3.05) is 33.4 Å². The number of carbonyl (C=O) groups excluding carboxylic acids is 1. The van der Waals surface area contributed by atoms with Gasteiger partial charge < -0.3 is 19.5 Å². The minimum atomic E-state index is -0.346. The largest absolute Gasteiger partial charge is 0.494 e. The third kappa shape index (κ3) is 6.30. The van der Waals surface area contributed by atoms with Gasteiger partial charge in [-0.05, 0) is 49.4 Å². The van der Waals surface area contributed by atoms with Crippen LogP contribution in [-0.4, -0.2) is 39.4 Å². The van der Waals surface area contributed by atoms with Crippen molar-refractivity contribution in [3.8, 4) is 11.5 Å². The Morgan fingerprint density at radius 3 is 2.25 bits per heavy atom. The van der Waals surface area contributed by atoms with E-state index >= 15 is 0 Å². The predicted octanol–water partition coefficient (Wildman–Crippen LogP) is 2.91. The summed E-state index contributed by atoms with van der Waals surface area (Å²) >= 11 is 0. The predicted molar refractivity (Wildman–Crippen MR) is 92.7 cm³/mol. The van der Waals surface area contributed by atoms with E-state index in [9.17, 15) is 4.79 Å². The highest BCUT2D eigenvalue weighted by Crippen LogP contribution is 2.12. The highest BCUT2D eigenvalue weighted by Gasteiger charge is 2.04. The minimum Gasteiger partial charge on any atom is -0.494 e. The summed E-state index contributed by atoms with van der Waals surface area (Å²) in [7, 11) is 1.36. The van der Waals surface area contributed by atoms with E-state index in [1.807, 2.05) is 30.3 Å². The van der Waals surface area contributed by atoms with Crippen LogP contribution in [0.15, 0.2) is 54.6 Å². The smallest absolute Gasteiger partial charge is 0.337 e. The van der Waals surface area contributed by atoms with E-state index in [2.05, 4.69) is 10.1 Å². The van der Waals surface area contributed by atoms with E-state index < -0.39 is 0 Å². The average molecular weight is 329 g/mol. The number of hydrogen-bond acceptors (Lipinski definition) is 5. The van der Waals surface area contributed by atoms with E-state index in [0.29, 0.717) is 18.8 Å². The highest BCUT2D eigenvalue weighted by atomic mass is 16.5. The van der Waals surface area contributed by atoms with Crippen molar-refractivity contribution in [3.63, 3.8) is 0 Å². The van der Waals surface area contributed by atoms with Crippen LogP contribution in [0.5, 0.6) is 11.5 Å². The first kappa shape index (κ1) is 17.8. The van der Waals surface area contributed by atoms with Gasteiger partial charge in [-0.15, -0.1) is 0 Å². The number of rotatable bonds is 10. The molecule has 0 aliphatic carbocycles. The molecule has 5 heteroatoms. The maximum absolute atomic E-state index is 11.3. The number of esters is 1. The number of nitrogens with one attached hydrogen (secondary N) is 1. The fourth-order valence-electron chi connectivity index (χ4n) is 2.08. The van der Waals surface area contributed by atoms with Gasteiger partial charge in [-0.25, -0.2) is 4.79 Å². The van der Waals surface area contributed by atoms with Gasteiger partial charge in [0.05, 0.1) is 19.3 Å². The fraction of sp³-hybridized carbons (Fsp3) is 0.316. The second-order valence-corrected chi connectivity index (χ2v) is 5.13. The van der Waals surface area contributed by atoms with E-state index in [1.165, 1.54) is 7.11 Å². The molecule has 0 atom stereocenters. The highest BCUT2D eigenvalue weighted by molar-refractivity contribution is 5.89. The molecule has 0 spiro atoms. The molecule has 128 valence electrons. The van der Waals surface area contributed by atoms with E-state index in [4.69, 9.17) is 9.47 Å². The number of methoxy groups -OCH3 is 1. The lowest BCUT2D eigenvalue weighted by Gasteiger charge is -2.09. The van der Waals surface area contributed by atoms with Crippen molar-refractivity contribution >= 4 is 5.97 Å². The topological polar surface area (TPSA) is 56.8 Å². The molecule has 2 rings (SSSR count). The lowest BCUT2D eigenvalue weighted by Crippen LogP contribution is -2.23. The van der Waals surface area contributed by atoms with Crippen LogP contribution in [-0.2, 0) is 4.74 Å². The van der Waals surface area contributed by atoms with Crippen LogP contribution >= 0.6 is 0 Å². The van der Waals surface area contributed by atoms with Crippen molar-refractivity contribution in [1.82, 2.24) is 5.32 Å². The Balaban J connectivity index is 1.51. The Hall–Kier alpha value is -2.53. The summed E-state index contributed by atoms with van der Waals surface area (Å²) in [6, 6.07) is 16.7. The molecule has 0 aliphatic heterocycles. The first-order valence-corrected chi connectivity index (χ1v) is 7.99. The molecule has 0 unspecified atom stereocenters. The molecule has 0 aliphatic rings. The zero-order chi connectivity index (χ0) is 17.0. The van der Waals surface area contributed by atoms with E-state index in [0.717, 1.165) is 31.0 Å². The standard InChI is InChI=1S/C19H23NO4/c1-22-19(21)16-8-10-18(11-9-16)24-15-13-20-12-5-14-23-17-6-3-2-4-7-17/h2-4,6-11,20H,5,12-15H2,1H3. The van der Waals surface area contributed by atoms with Crippen LogP contribution < -0.4 is 14.8 Å². The lowest BCUT2D eigenvalue weighted by atomic mass is 10.2. The molecule has 0 saturated heterocycles. The van der Waals surface area contributed by atoms with Crippen LogP contribution in [0.25, 0.3) is 0 Å². The van der Waals surface area contributed by atoms with Gasteiger partial charge in [0.1, 0.15) is 18.1 Å². The van der Waals surface area contributed by atoms with Crippen LogP contribution in [0.2, 0.25) is 0 Å². The number of benzene rings is 2. The van der Waals surface area contributed by atoms with Gasteiger partial charge >= 0.3 is 5.97 Å². The second kappa shape index (κ2) is 10.3. The van der Waals surface area contributed by atoms with Crippen molar-refractivity contribution in [3.05, 3.63) is 60.2 Å². The van der Waals surface area contributed by atoms with E-state index in [-0.39, 0.29) is 5.97 Å². The van der Waals surface area contributed by atoms with Crippen molar-refractivity contribution < 1.29 is 19.0 Å². The van der Waals surface area contributed by atoms with Crippen molar-refractivity contribution in [2.24, 2.45) is 0 Å². The Bertz CT molecular complexity index is 599. The Kier molecular flexibility index (Phi) is 7.63. The molecule has 0 radical (unpaired) electrons. The van der Waals surface area contributed by atoms with Crippen LogP contribution in [0.4, 0.5) is 0 Å². The molecule has 0 bridgehead atoms. The summed E-state index contributed by atoms with van der Waals surface area (Å²) in [5.41, 5.74) is 0.515. The van der Waals surface area contributed by atoms with Crippen LogP contribution in [0, 0.1) is 0 Å². The normalized spacial score (nSPS) is 10.2. The van der Waals surface area contributed by atoms with Gasteiger partial charge in [0.2, 0.25) is 0 Å². The van der Waals surface area contributed by atoms with E-state index in [1.54, 1.807) is 24.3 Å². The molecule has 0 amide bonds. The maximum Gasteiger partial charge on any atom is 0.337 e. The molecule has 24 heavy (non-hydrogen) atoms. The van der Waals surface area contributed by atoms with Gasteiger partial charge in [-0.2, -0.15) is 0 Å². The first-order valence-electron chi connectivity index (χ1n) is 7.99. The number of ether oxygens (including phenoxy) is 3. The Labute approximate surface area is 142 Å². The molecule has 1 N–H and O–H groups in total. The molecule has 0 heterocycles. The molecular formula is C19H23NO4. The third-order valence-electron chi connectivity index (χ3n) is 3.33. The Morgan fingerprint density at radius 1 is 0.875 bits per heavy atom. The SMILES string of the molecule is COC(=O)c1ccc(OCCNCCCOc2ccccc2)cc1. The van der Waals surface area contributed by atoms with Crippen molar-refractivity contribution in [1.29, 1.82) is 0 Å². The van der Waals surface area contributed by atoms with Gasteiger partial charge in [0.25, 0.3) is 0 Å². The second-order valence-electron chi connectivity index (χ2n) is 5.13. The molecule has 2 aromatic carbocycles. The molecule has 0 saturated carbocycles. The summed E-state index contributed by atoms with van der Waals surface area (Å²) in [6.07, 6.45) is 0.933. The van der Waals surface area contributed by atoms with Gasteiger partial charge in [-0.3, -0.25) is 0 Å². The third-order valence-corrected chi connectivity index (χ3v) is 3.33. The van der Waals surface area contributed by atoms with Crippen molar-refractivity contribution in [2.45, 2.75) is 6.42 Å². The monoisotopic (exact) mass is 329 g/mol. The zero-order valence-electron chi connectivity index (χ0n) is 13.9. The Morgan fingerprint density at radius 2 is 1.54 bits per heavy atom. The van der Waals surface area contributed by atoms with Gasteiger partial charge in [-0.1, -0.05) is 18.2 Å². The zero-order valence-corrected chi connectivity index (χ0v) is 13.9. The summed E-state index contributed by atoms with van der Waals surface area (Å²) < 4.78 is 15.9. The lowest BCUT2D eigenvalue weighted by molar-refractivity contribution is 0.0600. The molecule has 2 aromatic rings. The quantitative estimate of drug-likeness (QED) is 0.536. The number of carbonyl (C=O) groups is 1. The molecule has 5 nitrogen and oxygen atoms in total. The molecule has 0 aromatic heterocycles. The summed E-state index contributed by atoms with van der Waals surface area (Å²) in [4.78, 5) is 11.3. The number of para-hydroxylation sites is 1. The average Bonchev–Trinajstić information content (AvgIpc) is 2.64. The molecule has 0 fully saturated rings.